The molecule has 0 aliphatic carbocycles. The average molecular weight is 243 g/mol. The molecule has 2 unspecified atom stereocenters. The first-order valence-electron chi connectivity index (χ1n) is 6.70. The van der Waals surface area contributed by atoms with Gasteiger partial charge in [0, 0.05) is 30.9 Å². The predicted molar refractivity (Wildman–Crippen MR) is 74.6 cm³/mol. The van der Waals surface area contributed by atoms with Crippen LogP contribution in [0.4, 0.5) is 5.69 Å². The van der Waals surface area contributed by atoms with Crippen molar-refractivity contribution in [1.82, 2.24) is 5.32 Å². The number of hydrogen-bond acceptors (Lipinski definition) is 3. The smallest absolute Gasteiger partial charge is 0.0638 e. The summed E-state index contributed by atoms with van der Waals surface area (Å²) in [7, 11) is 0. The normalized spacial score (nSPS) is 23.7. The molecular formula is C15H21N3. The Morgan fingerprint density at radius 2 is 2.17 bits per heavy atom. The molecule has 1 N–H and O–H groups in total. The Morgan fingerprint density at radius 3 is 2.89 bits per heavy atom. The van der Waals surface area contributed by atoms with E-state index in [1.165, 1.54) is 11.3 Å². The highest BCUT2D eigenvalue weighted by molar-refractivity contribution is 5.54. The Balaban J connectivity index is 2.19. The van der Waals surface area contributed by atoms with Crippen LogP contribution < -0.4 is 10.2 Å². The number of nitriles is 1. The Labute approximate surface area is 109 Å². The predicted octanol–water partition coefficient (Wildman–Crippen LogP) is 2.33. The maximum atomic E-state index is 8.85. The molecule has 1 aromatic carbocycles. The first kappa shape index (κ1) is 12.9. The van der Waals surface area contributed by atoms with Crippen LogP contribution in [-0.2, 0) is 6.42 Å². The van der Waals surface area contributed by atoms with Gasteiger partial charge in [0.05, 0.1) is 12.5 Å². The summed E-state index contributed by atoms with van der Waals surface area (Å²) in [6.45, 7) is 6.32. The molecule has 1 aliphatic heterocycles. The highest BCUT2D eigenvalue weighted by Crippen LogP contribution is 2.23. The van der Waals surface area contributed by atoms with Crippen LogP contribution in [0, 0.1) is 11.3 Å². The number of rotatable bonds is 3. The number of piperazine rings is 1. The molecular weight excluding hydrogens is 222 g/mol. The minimum atomic E-state index is 0.281. The number of benzene rings is 1. The Morgan fingerprint density at radius 1 is 1.39 bits per heavy atom. The first-order valence-corrected chi connectivity index (χ1v) is 6.70. The van der Waals surface area contributed by atoms with Crippen LogP contribution in [0.3, 0.4) is 0 Å². The van der Waals surface area contributed by atoms with Crippen molar-refractivity contribution in [3.05, 3.63) is 29.8 Å². The minimum absolute atomic E-state index is 0.281. The van der Waals surface area contributed by atoms with E-state index in [2.05, 4.69) is 54.4 Å². The molecule has 2 rings (SSSR count). The molecule has 3 heteroatoms. The summed E-state index contributed by atoms with van der Waals surface area (Å²) < 4.78 is 0. The lowest BCUT2D eigenvalue weighted by molar-refractivity contribution is 0.391. The molecule has 0 bridgehead atoms. The summed E-state index contributed by atoms with van der Waals surface area (Å²) in [6.07, 6.45) is 1.63. The van der Waals surface area contributed by atoms with Crippen LogP contribution in [0.25, 0.3) is 0 Å². The van der Waals surface area contributed by atoms with Gasteiger partial charge in [0.2, 0.25) is 0 Å². The lowest BCUT2D eigenvalue weighted by Crippen LogP contribution is -2.55. The van der Waals surface area contributed by atoms with Crippen molar-refractivity contribution in [3.63, 3.8) is 0 Å². The molecule has 0 amide bonds. The molecule has 0 spiro atoms. The fraction of sp³-hybridized carbons (Fsp3) is 0.533. The summed E-state index contributed by atoms with van der Waals surface area (Å²) in [4.78, 5) is 2.42. The molecule has 1 fully saturated rings. The van der Waals surface area contributed by atoms with Gasteiger partial charge in [0.1, 0.15) is 0 Å². The van der Waals surface area contributed by atoms with E-state index in [4.69, 9.17) is 5.26 Å². The Bertz CT molecular complexity index is 436. The molecule has 1 saturated heterocycles. The third kappa shape index (κ3) is 2.83. The molecule has 0 radical (unpaired) electrons. The van der Waals surface area contributed by atoms with Gasteiger partial charge in [-0.25, -0.2) is 0 Å². The maximum Gasteiger partial charge on any atom is 0.0638 e. The number of anilines is 1. The van der Waals surface area contributed by atoms with Gasteiger partial charge in [-0.15, -0.1) is 0 Å². The van der Waals surface area contributed by atoms with Crippen molar-refractivity contribution >= 4 is 5.69 Å². The SMILES string of the molecule is CCc1ccccc1N1CC(C)NC(CC#N)C1. The van der Waals surface area contributed by atoms with Crippen molar-refractivity contribution in [2.24, 2.45) is 0 Å². The zero-order valence-electron chi connectivity index (χ0n) is 11.2. The van der Waals surface area contributed by atoms with Crippen molar-refractivity contribution in [2.75, 3.05) is 18.0 Å². The van der Waals surface area contributed by atoms with Crippen LogP contribution in [0.2, 0.25) is 0 Å². The number of nitrogens with zero attached hydrogens (tertiary/aromatic N) is 2. The van der Waals surface area contributed by atoms with Crippen molar-refractivity contribution in [2.45, 2.75) is 38.8 Å². The highest BCUT2D eigenvalue weighted by Gasteiger charge is 2.24. The number of aryl methyl sites for hydroxylation is 1. The number of para-hydroxylation sites is 1. The lowest BCUT2D eigenvalue weighted by atomic mass is 10.0. The van der Waals surface area contributed by atoms with Gasteiger partial charge in [-0.05, 0) is 25.0 Å². The summed E-state index contributed by atoms with van der Waals surface area (Å²) in [5.74, 6) is 0. The maximum absolute atomic E-state index is 8.85. The first-order chi connectivity index (χ1) is 8.74. The number of hydrogen-bond donors (Lipinski definition) is 1. The standard InChI is InChI=1S/C15H21N3/c1-3-13-6-4-5-7-15(13)18-10-12(2)17-14(11-18)8-9-16/h4-7,12,14,17H,3,8,10-11H2,1-2H3. The molecule has 18 heavy (non-hydrogen) atoms. The van der Waals surface area contributed by atoms with E-state index in [1.807, 2.05) is 0 Å². The summed E-state index contributed by atoms with van der Waals surface area (Å²) >= 11 is 0. The fourth-order valence-corrected chi connectivity index (χ4v) is 2.73. The summed E-state index contributed by atoms with van der Waals surface area (Å²) in [5, 5.41) is 12.3. The van der Waals surface area contributed by atoms with Crippen molar-refractivity contribution < 1.29 is 0 Å². The van der Waals surface area contributed by atoms with Gasteiger partial charge in [-0.1, -0.05) is 25.1 Å². The van der Waals surface area contributed by atoms with Gasteiger partial charge in [-0.3, -0.25) is 0 Å². The molecule has 1 heterocycles. The third-order valence-corrected chi connectivity index (χ3v) is 3.51. The molecule has 0 aromatic heterocycles. The van der Waals surface area contributed by atoms with E-state index in [-0.39, 0.29) is 6.04 Å². The van der Waals surface area contributed by atoms with Crippen molar-refractivity contribution in [1.29, 1.82) is 5.26 Å². The second kappa shape index (κ2) is 5.88. The molecule has 96 valence electrons. The van der Waals surface area contributed by atoms with Gasteiger partial charge in [-0.2, -0.15) is 5.26 Å². The van der Waals surface area contributed by atoms with Crippen LogP contribution >= 0.6 is 0 Å². The van der Waals surface area contributed by atoms with Crippen LogP contribution in [0.5, 0.6) is 0 Å². The summed E-state index contributed by atoms with van der Waals surface area (Å²) in [5.41, 5.74) is 2.72. The largest absolute Gasteiger partial charge is 0.368 e. The highest BCUT2D eigenvalue weighted by atomic mass is 15.2. The van der Waals surface area contributed by atoms with Gasteiger partial charge in [0.15, 0.2) is 0 Å². The molecule has 3 nitrogen and oxygen atoms in total. The fourth-order valence-electron chi connectivity index (χ4n) is 2.73. The topological polar surface area (TPSA) is 39.1 Å². The quantitative estimate of drug-likeness (QED) is 0.885. The second-order valence-corrected chi connectivity index (χ2v) is 5.01. The lowest BCUT2D eigenvalue weighted by Gasteiger charge is -2.39. The molecule has 1 aliphatic rings. The monoisotopic (exact) mass is 243 g/mol. The van der Waals surface area contributed by atoms with E-state index in [0.717, 1.165) is 19.5 Å². The molecule has 2 atom stereocenters. The zero-order chi connectivity index (χ0) is 13.0. The van der Waals surface area contributed by atoms with E-state index in [1.54, 1.807) is 0 Å². The van der Waals surface area contributed by atoms with E-state index < -0.39 is 0 Å². The van der Waals surface area contributed by atoms with E-state index in [0.29, 0.717) is 12.5 Å². The van der Waals surface area contributed by atoms with Crippen LogP contribution in [0.15, 0.2) is 24.3 Å². The van der Waals surface area contributed by atoms with Crippen LogP contribution in [0.1, 0.15) is 25.8 Å². The number of nitrogens with one attached hydrogen (secondary N) is 1. The zero-order valence-corrected chi connectivity index (χ0v) is 11.2. The van der Waals surface area contributed by atoms with E-state index in [9.17, 15) is 0 Å². The van der Waals surface area contributed by atoms with Gasteiger partial charge < -0.3 is 10.2 Å². The Kier molecular flexibility index (Phi) is 4.22. The molecule has 0 saturated carbocycles. The molecule has 1 aromatic rings. The van der Waals surface area contributed by atoms with Gasteiger partial charge in [0.25, 0.3) is 0 Å². The third-order valence-electron chi connectivity index (χ3n) is 3.51. The van der Waals surface area contributed by atoms with E-state index >= 15 is 0 Å². The Hall–Kier alpha value is -1.53. The van der Waals surface area contributed by atoms with Crippen LogP contribution in [-0.4, -0.2) is 25.2 Å². The summed E-state index contributed by atoms with van der Waals surface area (Å²) in [6, 6.07) is 11.6. The average Bonchev–Trinajstić information content (AvgIpc) is 2.38. The minimum Gasteiger partial charge on any atom is -0.368 e. The van der Waals surface area contributed by atoms with Crippen molar-refractivity contribution in [3.8, 4) is 6.07 Å². The van der Waals surface area contributed by atoms with Gasteiger partial charge >= 0.3 is 0 Å². The second-order valence-electron chi connectivity index (χ2n) is 5.01.